The van der Waals surface area contributed by atoms with Gasteiger partial charge in [-0.25, -0.2) is 4.39 Å². The van der Waals surface area contributed by atoms with E-state index in [0.717, 1.165) is 5.56 Å². The molecular formula is C15H13ClFNO. The molecular weight excluding hydrogens is 265 g/mol. The number of hydrogen-bond acceptors (Lipinski definition) is 1. The van der Waals surface area contributed by atoms with Crippen LogP contribution in [0, 0.1) is 19.7 Å². The van der Waals surface area contributed by atoms with E-state index in [9.17, 15) is 9.18 Å². The lowest BCUT2D eigenvalue weighted by atomic mass is 10.1. The van der Waals surface area contributed by atoms with Crippen LogP contribution in [-0.4, -0.2) is 5.91 Å². The smallest absolute Gasteiger partial charge is 0.255 e. The van der Waals surface area contributed by atoms with E-state index < -0.39 is 5.82 Å². The van der Waals surface area contributed by atoms with Crippen molar-refractivity contribution in [1.29, 1.82) is 0 Å². The van der Waals surface area contributed by atoms with Gasteiger partial charge in [0.25, 0.3) is 5.91 Å². The third-order valence-electron chi connectivity index (χ3n) is 2.95. The minimum atomic E-state index is -0.393. The Kier molecular flexibility index (Phi) is 3.86. The second-order valence-corrected chi connectivity index (χ2v) is 4.74. The summed E-state index contributed by atoms with van der Waals surface area (Å²) < 4.78 is 13.4. The van der Waals surface area contributed by atoms with Crippen molar-refractivity contribution >= 4 is 23.2 Å². The Morgan fingerprint density at radius 1 is 1.21 bits per heavy atom. The average Bonchev–Trinajstić information content (AvgIpc) is 2.38. The predicted molar refractivity (Wildman–Crippen MR) is 75.3 cm³/mol. The number of aryl methyl sites for hydroxylation is 1. The molecule has 0 radical (unpaired) electrons. The summed E-state index contributed by atoms with van der Waals surface area (Å²) >= 11 is 5.98. The fraction of sp³-hybridized carbons (Fsp3) is 0.133. The highest BCUT2D eigenvalue weighted by molar-refractivity contribution is 6.31. The summed E-state index contributed by atoms with van der Waals surface area (Å²) in [5.74, 6) is -0.750. The first-order valence-corrected chi connectivity index (χ1v) is 6.19. The molecule has 0 aliphatic rings. The molecule has 0 heterocycles. The van der Waals surface area contributed by atoms with E-state index >= 15 is 0 Å². The van der Waals surface area contributed by atoms with Gasteiger partial charge in [0.05, 0.1) is 0 Å². The van der Waals surface area contributed by atoms with Crippen LogP contribution in [0.15, 0.2) is 36.4 Å². The lowest BCUT2D eigenvalue weighted by Gasteiger charge is -2.09. The van der Waals surface area contributed by atoms with Crippen molar-refractivity contribution in [2.45, 2.75) is 13.8 Å². The van der Waals surface area contributed by atoms with Crippen LogP contribution >= 0.6 is 11.6 Å². The van der Waals surface area contributed by atoms with E-state index in [4.69, 9.17) is 11.6 Å². The fourth-order valence-electron chi connectivity index (χ4n) is 1.67. The third-order valence-corrected chi connectivity index (χ3v) is 3.36. The average molecular weight is 278 g/mol. The summed E-state index contributed by atoms with van der Waals surface area (Å²) in [5.41, 5.74) is 2.20. The van der Waals surface area contributed by atoms with E-state index in [0.29, 0.717) is 16.3 Å². The number of rotatable bonds is 2. The summed E-state index contributed by atoms with van der Waals surface area (Å²) in [6, 6.07) is 9.65. The van der Waals surface area contributed by atoms with Gasteiger partial charge in [0.2, 0.25) is 0 Å². The monoisotopic (exact) mass is 277 g/mol. The Labute approximate surface area is 116 Å². The zero-order valence-corrected chi connectivity index (χ0v) is 11.4. The lowest BCUT2D eigenvalue weighted by molar-refractivity contribution is 0.102. The summed E-state index contributed by atoms with van der Waals surface area (Å²) in [6.07, 6.45) is 0. The van der Waals surface area contributed by atoms with Crippen LogP contribution in [0.3, 0.4) is 0 Å². The molecule has 0 saturated carbocycles. The van der Waals surface area contributed by atoms with E-state index in [-0.39, 0.29) is 11.5 Å². The first-order chi connectivity index (χ1) is 8.99. The van der Waals surface area contributed by atoms with Crippen molar-refractivity contribution in [2.75, 3.05) is 5.32 Å². The van der Waals surface area contributed by atoms with Crippen LogP contribution in [0.4, 0.5) is 10.1 Å². The van der Waals surface area contributed by atoms with Crippen LogP contribution in [0.5, 0.6) is 0 Å². The van der Waals surface area contributed by atoms with Crippen molar-refractivity contribution in [2.24, 2.45) is 0 Å². The van der Waals surface area contributed by atoms with E-state index in [1.54, 1.807) is 37.3 Å². The van der Waals surface area contributed by atoms with Gasteiger partial charge in [-0.1, -0.05) is 23.7 Å². The normalized spacial score (nSPS) is 10.3. The van der Waals surface area contributed by atoms with Crippen molar-refractivity contribution in [1.82, 2.24) is 0 Å². The van der Waals surface area contributed by atoms with E-state index in [1.807, 2.05) is 6.92 Å². The van der Waals surface area contributed by atoms with Gasteiger partial charge in [0.1, 0.15) is 5.82 Å². The highest BCUT2D eigenvalue weighted by Crippen LogP contribution is 2.23. The highest BCUT2D eigenvalue weighted by atomic mass is 35.5. The molecule has 0 atom stereocenters. The Bertz CT molecular complexity index is 640. The first-order valence-electron chi connectivity index (χ1n) is 5.81. The molecule has 2 rings (SSSR count). The molecule has 0 aliphatic carbocycles. The van der Waals surface area contributed by atoms with E-state index in [1.165, 1.54) is 6.07 Å². The second kappa shape index (κ2) is 5.41. The number of carbonyl (C=O) groups excluding carboxylic acids is 1. The molecule has 0 aliphatic heterocycles. The van der Waals surface area contributed by atoms with Crippen molar-refractivity contribution < 1.29 is 9.18 Å². The highest BCUT2D eigenvalue weighted by Gasteiger charge is 2.10. The fourth-order valence-corrected chi connectivity index (χ4v) is 1.85. The number of hydrogen-bond donors (Lipinski definition) is 1. The predicted octanol–water partition coefficient (Wildman–Crippen LogP) is 4.35. The molecule has 0 spiro atoms. The van der Waals surface area contributed by atoms with Crippen LogP contribution < -0.4 is 5.32 Å². The minimum Gasteiger partial charge on any atom is -0.322 e. The van der Waals surface area contributed by atoms with Gasteiger partial charge < -0.3 is 5.32 Å². The Morgan fingerprint density at radius 3 is 2.63 bits per heavy atom. The Balaban J connectivity index is 2.26. The van der Waals surface area contributed by atoms with Crippen LogP contribution in [-0.2, 0) is 0 Å². The van der Waals surface area contributed by atoms with Gasteiger partial charge in [-0.05, 0) is 49.2 Å². The molecule has 0 unspecified atom stereocenters. The molecule has 1 N–H and O–H groups in total. The number of nitrogens with one attached hydrogen (secondary N) is 1. The van der Waals surface area contributed by atoms with Crippen molar-refractivity contribution in [3.63, 3.8) is 0 Å². The maximum Gasteiger partial charge on any atom is 0.255 e. The number of benzene rings is 2. The summed E-state index contributed by atoms with van der Waals surface area (Å²) in [7, 11) is 0. The van der Waals surface area contributed by atoms with Crippen LogP contribution in [0.25, 0.3) is 0 Å². The summed E-state index contributed by atoms with van der Waals surface area (Å²) in [5, 5.41) is 3.30. The molecule has 0 aromatic heterocycles. The molecule has 2 aromatic rings. The van der Waals surface area contributed by atoms with Gasteiger partial charge in [-0.3, -0.25) is 4.79 Å². The van der Waals surface area contributed by atoms with E-state index in [2.05, 4.69) is 5.32 Å². The van der Waals surface area contributed by atoms with Gasteiger partial charge in [-0.2, -0.15) is 0 Å². The molecule has 0 fully saturated rings. The summed E-state index contributed by atoms with van der Waals surface area (Å²) in [6.45, 7) is 3.46. The molecule has 0 saturated heterocycles. The van der Waals surface area contributed by atoms with Gasteiger partial charge in [0, 0.05) is 16.3 Å². The topological polar surface area (TPSA) is 29.1 Å². The SMILES string of the molecule is Cc1ccc(C(=O)Nc2cccc(Cl)c2C)cc1F. The minimum absolute atomic E-state index is 0.280. The molecule has 98 valence electrons. The largest absolute Gasteiger partial charge is 0.322 e. The molecule has 19 heavy (non-hydrogen) atoms. The van der Waals surface area contributed by atoms with Gasteiger partial charge in [0.15, 0.2) is 0 Å². The summed E-state index contributed by atoms with van der Waals surface area (Å²) in [4.78, 5) is 12.0. The molecule has 2 aromatic carbocycles. The standard InChI is InChI=1S/C15H13ClFNO/c1-9-6-7-11(8-13(9)17)15(19)18-14-5-3-4-12(16)10(14)2/h3-8H,1-2H3,(H,18,19). The zero-order chi connectivity index (χ0) is 14.0. The van der Waals surface area contributed by atoms with Crippen LogP contribution in [0.2, 0.25) is 5.02 Å². The van der Waals surface area contributed by atoms with Gasteiger partial charge in [-0.15, -0.1) is 0 Å². The Morgan fingerprint density at radius 2 is 1.95 bits per heavy atom. The second-order valence-electron chi connectivity index (χ2n) is 4.33. The molecule has 4 heteroatoms. The van der Waals surface area contributed by atoms with Crippen molar-refractivity contribution in [3.05, 3.63) is 63.9 Å². The maximum absolute atomic E-state index is 13.4. The Hall–Kier alpha value is -1.87. The number of halogens is 2. The number of amides is 1. The number of carbonyl (C=O) groups is 1. The van der Waals surface area contributed by atoms with Crippen molar-refractivity contribution in [3.8, 4) is 0 Å². The first kappa shape index (κ1) is 13.6. The number of anilines is 1. The third kappa shape index (κ3) is 2.93. The lowest BCUT2D eigenvalue weighted by Crippen LogP contribution is -2.13. The van der Waals surface area contributed by atoms with Crippen LogP contribution in [0.1, 0.15) is 21.5 Å². The molecule has 0 bridgehead atoms. The molecule has 2 nitrogen and oxygen atoms in total. The van der Waals surface area contributed by atoms with Gasteiger partial charge >= 0.3 is 0 Å². The quantitative estimate of drug-likeness (QED) is 0.869. The zero-order valence-electron chi connectivity index (χ0n) is 10.6. The molecule has 1 amide bonds. The maximum atomic E-state index is 13.4.